The molecule has 2 aromatic carbocycles. The van der Waals surface area contributed by atoms with Crippen molar-refractivity contribution in [1.82, 2.24) is 5.32 Å². The molecule has 0 fully saturated rings. The first-order valence-corrected chi connectivity index (χ1v) is 11.5. The van der Waals surface area contributed by atoms with E-state index in [0.29, 0.717) is 11.4 Å². The summed E-state index contributed by atoms with van der Waals surface area (Å²) in [5, 5.41) is 2.82. The Bertz CT molecular complexity index is 991. The number of esters is 1. The minimum Gasteiger partial charge on any atom is -0.456 e. The van der Waals surface area contributed by atoms with Gasteiger partial charge in [-0.25, -0.2) is 0 Å². The van der Waals surface area contributed by atoms with Crippen molar-refractivity contribution in [3.05, 3.63) is 93.7 Å². The van der Waals surface area contributed by atoms with Crippen molar-refractivity contribution in [3.63, 3.8) is 0 Å². The summed E-state index contributed by atoms with van der Waals surface area (Å²) in [5.41, 5.74) is 2.37. The van der Waals surface area contributed by atoms with Crippen LogP contribution in [0.2, 0.25) is 0 Å². The summed E-state index contributed by atoms with van der Waals surface area (Å²) in [7, 11) is 0. The van der Waals surface area contributed by atoms with E-state index in [4.69, 9.17) is 4.74 Å². The minimum atomic E-state index is -0.548. The van der Waals surface area contributed by atoms with E-state index in [1.165, 1.54) is 22.5 Å². The fraction of sp³-hybridized carbons (Fsp3) is 0.269. The lowest BCUT2D eigenvalue weighted by molar-refractivity contribution is -0.148. The second kappa shape index (κ2) is 12.0. The third-order valence-corrected chi connectivity index (χ3v) is 6.14. The van der Waals surface area contributed by atoms with Crippen LogP contribution in [-0.2, 0) is 14.3 Å². The third-order valence-electron chi connectivity index (χ3n) is 5.09. The van der Waals surface area contributed by atoms with Gasteiger partial charge in [0.15, 0.2) is 12.4 Å². The smallest absolute Gasteiger partial charge is 0.306 e. The van der Waals surface area contributed by atoms with Crippen molar-refractivity contribution >= 4 is 29.0 Å². The minimum absolute atomic E-state index is 0.0346. The molecule has 32 heavy (non-hydrogen) atoms. The van der Waals surface area contributed by atoms with Crippen molar-refractivity contribution in [2.75, 3.05) is 13.2 Å². The van der Waals surface area contributed by atoms with E-state index in [-0.39, 0.29) is 37.1 Å². The Kier molecular flexibility index (Phi) is 8.75. The summed E-state index contributed by atoms with van der Waals surface area (Å²) in [6.45, 7) is 2.05. The van der Waals surface area contributed by atoms with E-state index in [1.54, 1.807) is 6.07 Å². The Hall–Kier alpha value is -3.25. The van der Waals surface area contributed by atoms with Gasteiger partial charge in [0, 0.05) is 23.8 Å². The van der Waals surface area contributed by atoms with Gasteiger partial charge in [-0.15, -0.1) is 11.3 Å². The number of amides is 1. The topological polar surface area (TPSA) is 72.5 Å². The van der Waals surface area contributed by atoms with Crippen LogP contribution in [0.3, 0.4) is 0 Å². The van der Waals surface area contributed by atoms with Gasteiger partial charge in [-0.1, -0.05) is 60.7 Å². The standard InChI is InChI=1S/C26H27NO4S/c1-19-12-14-24(32-19)23(28)13-15-26(30)31-18-25(29)27-17-16-22(20-8-4-2-5-9-20)21-10-6-3-7-11-21/h2-12,14,22H,13,15-18H2,1H3,(H,27,29). The molecule has 5 nitrogen and oxygen atoms in total. The molecule has 0 unspecified atom stereocenters. The number of carbonyl (C=O) groups is 3. The van der Waals surface area contributed by atoms with Crippen LogP contribution in [0, 0.1) is 6.92 Å². The Morgan fingerprint density at radius 3 is 2.06 bits per heavy atom. The number of Topliss-reactive ketones (excluding diaryl/α,β-unsaturated/α-hetero) is 1. The second-order valence-corrected chi connectivity index (χ2v) is 8.79. The summed E-state index contributed by atoms with van der Waals surface area (Å²) in [4.78, 5) is 37.8. The zero-order valence-corrected chi connectivity index (χ0v) is 18.9. The summed E-state index contributed by atoms with van der Waals surface area (Å²) in [6.07, 6.45) is 0.770. The maximum Gasteiger partial charge on any atom is 0.306 e. The molecule has 3 aromatic rings. The highest BCUT2D eigenvalue weighted by molar-refractivity contribution is 7.14. The lowest BCUT2D eigenvalue weighted by atomic mass is 9.88. The molecule has 6 heteroatoms. The normalized spacial score (nSPS) is 10.7. The molecular formula is C26H27NO4S. The number of ether oxygens (including phenoxy) is 1. The Labute approximate surface area is 192 Å². The van der Waals surface area contributed by atoms with Gasteiger partial charge in [0.05, 0.1) is 11.3 Å². The van der Waals surface area contributed by atoms with Gasteiger partial charge >= 0.3 is 5.97 Å². The second-order valence-electron chi connectivity index (χ2n) is 7.51. The first-order chi connectivity index (χ1) is 15.5. The van der Waals surface area contributed by atoms with Gasteiger partial charge in [0.1, 0.15) is 0 Å². The maximum absolute atomic E-state index is 12.1. The third kappa shape index (κ3) is 7.17. The molecule has 0 saturated heterocycles. The van der Waals surface area contributed by atoms with E-state index >= 15 is 0 Å². The predicted octanol–water partition coefficient (Wildman–Crippen LogP) is 4.90. The summed E-state index contributed by atoms with van der Waals surface area (Å²) in [6, 6.07) is 24.0. The van der Waals surface area contributed by atoms with Crippen molar-refractivity contribution in [3.8, 4) is 0 Å². The van der Waals surface area contributed by atoms with E-state index < -0.39 is 5.97 Å². The zero-order valence-electron chi connectivity index (χ0n) is 18.1. The van der Waals surface area contributed by atoms with Crippen LogP contribution in [0.5, 0.6) is 0 Å². The lowest BCUT2D eigenvalue weighted by Gasteiger charge is -2.18. The van der Waals surface area contributed by atoms with Gasteiger partial charge in [0.25, 0.3) is 5.91 Å². The number of benzene rings is 2. The molecule has 1 amide bonds. The molecule has 0 saturated carbocycles. The number of carbonyl (C=O) groups excluding carboxylic acids is 3. The van der Waals surface area contributed by atoms with Gasteiger partial charge in [-0.05, 0) is 36.6 Å². The van der Waals surface area contributed by atoms with Crippen molar-refractivity contribution in [2.24, 2.45) is 0 Å². The molecule has 1 N–H and O–H groups in total. The molecule has 1 aromatic heterocycles. The van der Waals surface area contributed by atoms with Crippen LogP contribution in [0.4, 0.5) is 0 Å². The first-order valence-electron chi connectivity index (χ1n) is 10.6. The van der Waals surface area contributed by atoms with Crippen molar-refractivity contribution < 1.29 is 19.1 Å². The molecule has 166 valence electrons. The molecule has 0 aliphatic rings. The fourth-order valence-corrected chi connectivity index (χ4v) is 4.28. The van der Waals surface area contributed by atoms with Gasteiger partial charge in [-0.2, -0.15) is 0 Å². The molecule has 0 aliphatic carbocycles. The number of ketones is 1. The van der Waals surface area contributed by atoms with E-state index in [2.05, 4.69) is 29.6 Å². The van der Waals surface area contributed by atoms with Gasteiger partial charge in [-0.3, -0.25) is 14.4 Å². The zero-order chi connectivity index (χ0) is 22.8. The predicted molar refractivity (Wildman–Crippen MR) is 126 cm³/mol. The number of rotatable bonds is 11. The summed E-state index contributed by atoms with van der Waals surface area (Å²) >= 11 is 1.41. The van der Waals surface area contributed by atoms with Crippen LogP contribution in [0.15, 0.2) is 72.8 Å². The fourth-order valence-electron chi connectivity index (χ4n) is 3.44. The number of nitrogens with one attached hydrogen (secondary N) is 1. The maximum atomic E-state index is 12.1. The summed E-state index contributed by atoms with van der Waals surface area (Å²) in [5.74, 6) is -0.823. The molecule has 1 heterocycles. The summed E-state index contributed by atoms with van der Waals surface area (Å²) < 4.78 is 5.02. The molecule has 0 atom stereocenters. The molecule has 0 aliphatic heterocycles. The van der Waals surface area contributed by atoms with Crippen LogP contribution in [0.1, 0.15) is 50.9 Å². The molecule has 0 radical (unpaired) electrons. The highest BCUT2D eigenvalue weighted by atomic mass is 32.1. The Morgan fingerprint density at radius 1 is 0.875 bits per heavy atom. The highest BCUT2D eigenvalue weighted by Crippen LogP contribution is 2.27. The first kappa shape index (κ1) is 23.4. The molecular weight excluding hydrogens is 422 g/mol. The SMILES string of the molecule is Cc1ccc(C(=O)CCC(=O)OCC(=O)NCCC(c2ccccc2)c2ccccc2)s1. The van der Waals surface area contributed by atoms with E-state index in [9.17, 15) is 14.4 Å². The molecule has 0 spiro atoms. The van der Waals surface area contributed by atoms with Crippen LogP contribution in [-0.4, -0.2) is 30.8 Å². The average molecular weight is 450 g/mol. The molecule has 0 bridgehead atoms. The Morgan fingerprint density at radius 2 is 1.50 bits per heavy atom. The monoisotopic (exact) mass is 449 g/mol. The van der Waals surface area contributed by atoms with Crippen LogP contribution < -0.4 is 5.32 Å². The number of aryl methyl sites for hydroxylation is 1. The van der Waals surface area contributed by atoms with Crippen LogP contribution in [0.25, 0.3) is 0 Å². The highest BCUT2D eigenvalue weighted by Gasteiger charge is 2.15. The number of thiophene rings is 1. The largest absolute Gasteiger partial charge is 0.456 e. The van der Waals surface area contributed by atoms with E-state index in [1.807, 2.05) is 49.4 Å². The van der Waals surface area contributed by atoms with E-state index in [0.717, 1.165) is 11.3 Å². The number of hydrogen-bond acceptors (Lipinski definition) is 5. The average Bonchev–Trinajstić information content (AvgIpc) is 3.26. The van der Waals surface area contributed by atoms with Gasteiger partial charge in [0.2, 0.25) is 0 Å². The molecule has 3 rings (SSSR count). The number of hydrogen-bond donors (Lipinski definition) is 1. The Balaban J connectivity index is 1.40. The van der Waals surface area contributed by atoms with Crippen molar-refractivity contribution in [1.29, 1.82) is 0 Å². The van der Waals surface area contributed by atoms with Crippen LogP contribution >= 0.6 is 11.3 Å². The lowest BCUT2D eigenvalue weighted by Crippen LogP contribution is -2.30. The van der Waals surface area contributed by atoms with Gasteiger partial charge < -0.3 is 10.1 Å². The quantitative estimate of drug-likeness (QED) is 0.334. The van der Waals surface area contributed by atoms with Crippen molar-refractivity contribution in [2.45, 2.75) is 32.1 Å².